The average Bonchev–Trinajstić information content (AvgIpc) is 2.38. The van der Waals surface area contributed by atoms with Crippen LogP contribution >= 0.6 is 0 Å². The standard InChI is InChI=1S/C15H26O4SSi/c1-6-7-11-20(16,17)18-15-10-8-9-14(12(15)2)13(3)19-21(4)5/h8-10,13-14,21H,2,6-7,11H2,1,3-5H3. The number of rotatable bonds is 8. The van der Waals surface area contributed by atoms with Gasteiger partial charge in [0, 0.05) is 5.92 Å². The minimum atomic E-state index is -3.54. The molecule has 0 aromatic rings. The van der Waals surface area contributed by atoms with Crippen molar-refractivity contribution < 1.29 is 17.0 Å². The van der Waals surface area contributed by atoms with Gasteiger partial charge in [-0.25, -0.2) is 0 Å². The first kappa shape index (κ1) is 18.2. The van der Waals surface area contributed by atoms with E-state index in [4.69, 9.17) is 8.61 Å². The number of hydrogen-bond acceptors (Lipinski definition) is 4. The van der Waals surface area contributed by atoms with E-state index < -0.39 is 19.2 Å². The van der Waals surface area contributed by atoms with Crippen LogP contribution in [0.2, 0.25) is 13.1 Å². The summed E-state index contributed by atoms with van der Waals surface area (Å²) in [5.74, 6) is 0.328. The van der Waals surface area contributed by atoms with Crippen molar-refractivity contribution in [1.29, 1.82) is 0 Å². The lowest BCUT2D eigenvalue weighted by Gasteiger charge is -2.28. The summed E-state index contributed by atoms with van der Waals surface area (Å²) in [5, 5.41) is 0. The summed E-state index contributed by atoms with van der Waals surface area (Å²) in [7, 11) is -4.70. The Morgan fingerprint density at radius 3 is 2.67 bits per heavy atom. The Kier molecular flexibility index (Phi) is 6.90. The third kappa shape index (κ3) is 5.80. The third-order valence-corrected chi connectivity index (χ3v) is 5.44. The first-order valence-electron chi connectivity index (χ1n) is 7.42. The Morgan fingerprint density at radius 1 is 1.43 bits per heavy atom. The summed E-state index contributed by atoms with van der Waals surface area (Å²) in [6, 6.07) is 0. The van der Waals surface area contributed by atoms with E-state index in [-0.39, 0.29) is 17.8 Å². The van der Waals surface area contributed by atoms with Crippen molar-refractivity contribution in [1.82, 2.24) is 0 Å². The van der Waals surface area contributed by atoms with Gasteiger partial charge in [0.15, 0.2) is 9.04 Å². The van der Waals surface area contributed by atoms with E-state index in [1.165, 1.54) is 0 Å². The molecule has 1 rings (SSSR count). The Morgan fingerprint density at radius 2 is 2.10 bits per heavy atom. The first-order chi connectivity index (χ1) is 9.76. The molecule has 2 unspecified atom stereocenters. The Labute approximate surface area is 130 Å². The van der Waals surface area contributed by atoms with Crippen molar-refractivity contribution in [3.63, 3.8) is 0 Å². The molecule has 4 nitrogen and oxygen atoms in total. The molecule has 0 heterocycles. The van der Waals surface area contributed by atoms with Gasteiger partial charge >= 0.3 is 10.1 Å². The SMILES string of the molecule is C=C1C(OS(=O)(=O)CCCC)=CC=CC1C(C)O[SiH](C)C. The van der Waals surface area contributed by atoms with Crippen molar-refractivity contribution >= 4 is 19.2 Å². The zero-order valence-electron chi connectivity index (χ0n) is 13.3. The molecule has 0 aliphatic heterocycles. The van der Waals surface area contributed by atoms with Crippen molar-refractivity contribution in [3.8, 4) is 0 Å². The van der Waals surface area contributed by atoms with Crippen LogP contribution in [-0.4, -0.2) is 29.3 Å². The van der Waals surface area contributed by atoms with Crippen LogP contribution in [0.5, 0.6) is 0 Å². The minimum absolute atomic E-state index is 0.0222. The lowest BCUT2D eigenvalue weighted by molar-refractivity contribution is 0.190. The van der Waals surface area contributed by atoms with Gasteiger partial charge in [-0.3, -0.25) is 0 Å². The second-order valence-corrected chi connectivity index (χ2v) is 9.62. The molecule has 6 heteroatoms. The predicted molar refractivity (Wildman–Crippen MR) is 89.1 cm³/mol. The minimum Gasteiger partial charge on any atom is -0.417 e. The fourth-order valence-corrected chi connectivity index (χ4v) is 4.37. The van der Waals surface area contributed by atoms with Crippen molar-refractivity contribution in [2.45, 2.75) is 45.9 Å². The van der Waals surface area contributed by atoms with Gasteiger partial charge in [0.2, 0.25) is 0 Å². The van der Waals surface area contributed by atoms with E-state index in [0.717, 1.165) is 6.42 Å². The second-order valence-electron chi connectivity index (χ2n) is 5.56. The number of allylic oxidation sites excluding steroid dienone is 3. The van der Waals surface area contributed by atoms with Crippen molar-refractivity contribution in [2.24, 2.45) is 5.92 Å². The summed E-state index contributed by atoms with van der Waals surface area (Å²) >= 11 is 0. The van der Waals surface area contributed by atoms with Crippen LogP contribution in [0.4, 0.5) is 0 Å². The third-order valence-electron chi connectivity index (χ3n) is 3.24. The molecule has 0 fully saturated rings. The monoisotopic (exact) mass is 330 g/mol. The van der Waals surface area contributed by atoms with Gasteiger partial charge in [0.25, 0.3) is 0 Å². The van der Waals surface area contributed by atoms with Crippen LogP contribution in [0.15, 0.2) is 36.1 Å². The molecule has 0 radical (unpaired) electrons. The van der Waals surface area contributed by atoms with Gasteiger partial charge in [-0.2, -0.15) is 8.42 Å². The maximum atomic E-state index is 11.9. The topological polar surface area (TPSA) is 52.6 Å². The normalized spacial score (nSPS) is 20.5. The molecular formula is C15H26O4SSi. The highest BCUT2D eigenvalue weighted by Gasteiger charge is 2.27. The summed E-state index contributed by atoms with van der Waals surface area (Å²) in [6.45, 7) is 12.1. The van der Waals surface area contributed by atoms with Crippen molar-refractivity contribution in [3.05, 3.63) is 36.1 Å². The fraction of sp³-hybridized carbons (Fsp3) is 0.600. The van der Waals surface area contributed by atoms with Gasteiger partial charge in [0.1, 0.15) is 5.76 Å². The van der Waals surface area contributed by atoms with Gasteiger partial charge in [-0.05, 0) is 38.1 Å². The molecule has 0 saturated heterocycles. The summed E-state index contributed by atoms with van der Waals surface area (Å²) < 4.78 is 34.9. The molecule has 2 atom stereocenters. The molecule has 21 heavy (non-hydrogen) atoms. The molecule has 0 spiro atoms. The zero-order valence-corrected chi connectivity index (χ0v) is 15.3. The molecule has 0 saturated carbocycles. The highest BCUT2D eigenvalue weighted by molar-refractivity contribution is 7.86. The van der Waals surface area contributed by atoms with Crippen LogP contribution in [-0.2, 0) is 18.7 Å². The van der Waals surface area contributed by atoms with E-state index in [1.54, 1.807) is 6.08 Å². The van der Waals surface area contributed by atoms with Gasteiger partial charge in [0.05, 0.1) is 11.9 Å². The van der Waals surface area contributed by atoms with Crippen LogP contribution in [0, 0.1) is 5.92 Å². The predicted octanol–water partition coefficient (Wildman–Crippen LogP) is 3.15. The van der Waals surface area contributed by atoms with Crippen molar-refractivity contribution in [2.75, 3.05) is 5.75 Å². The molecule has 0 aromatic carbocycles. The summed E-state index contributed by atoms with van der Waals surface area (Å²) in [6.07, 6.45) is 6.84. The number of unbranched alkanes of at least 4 members (excludes halogenated alkanes) is 1. The van der Waals surface area contributed by atoms with Crippen LogP contribution in [0.25, 0.3) is 0 Å². The van der Waals surface area contributed by atoms with E-state index in [1.807, 2.05) is 26.0 Å². The van der Waals surface area contributed by atoms with E-state index >= 15 is 0 Å². The van der Waals surface area contributed by atoms with E-state index in [0.29, 0.717) is 17.8 Å². The van der Waals surface area contributed by atoms with Gasteiger partial charge in [-0.1, -0.05) is 32.1 Å². The lowest BCUT2D eigenvalue weighted by atomic mass is 9.90. The Bertz CT molecular complexity index is 520. The van der Waals surface area contributed by atoms with Gasteiger partial charge in [-0.15, -0.1) is 0 Å². The maximum absolute atomic E-state index is 11.9. The quantitative estimate of drug-likeness (QED) is 0.507. The fourth-order valence-electron chi connectivity index (χ4n) is 2.18. The van der Waals surface area contributed by atoms with E-state index in [9.17, 15) is 8.42 Å². The van der Waals surface area contributed by atoms with E-state index in [2.05, 4.69) is 19.7 Å². The summed E-state index contributed by atoms with van der Waals surface area (Å²) in [5.41, 5.74) is 0.666. The number of hydrogen-bond donors (Lipinski definition) is 0. The second kappa shape index (κ2) is 7.96. The Hall–Kier alpha value is -0.853. The Balaban J connectivity index is 2.76. The molecule has 120 valence electrons. The van der Waals surface area contributed by atoms with Crippen LogP contribution < -0.4 is 0 Å². The lowest BCUT2D eigenvalue weighted by Crippen LogP contribution is -2.28. The summed E-state index contributed by atoms with van der Waals surface area (Å²) in [4.78, 5) is 0. The van der Waals surface area contributed by atoms with Crippen LogP contribution in [0.3, 0.4) is 0 Å². The highest BCUT2D eigenvalue weighted by atomic mass is 32.2. The molecule has 1 aliphatic rings. The average molecular weight is 331 g/mol. The largest absolute Gasteiger partial charge is 0.417 e. The maximum Gasteiger partial charge on any atom is 0.309 e. The van der Waals surface area contributed by atoms with Gasteiger partial charge < -0.3 is 8.61 Å². The zero-order chi connectivity index (χ0) is 16.0. The first-order valence-corrected chi connectivity index (χ1v) is 11.8. The smallest absolute Gasteiger partial charge is 0.309 e. The molecular weight excluding hydrogens is 304 g/mol. The molecule has 0 bridgehead atoms. The molecule has 1 aliphatic carbocycles. The van der Waals surface area contributed by atoms with Crippen LogP contribution in [0.1, 0.15) is 26.7 Å². The highest BCUT2D eigenvalue weighted by Crippen LogP contribution is 2.30. The molecule has 0 aromatic heterocycles. The molecule has 0 amide bonds. The molecule has 0 N–H and O–H groups in total.